The van der Waals surface area contributed by atoms with Crippen LogP contribution in [0.2, 0.25) is 5.02 Å². The molecule has 0 spiro atoms. The van der Waals surface area contributed by atoms with E-state index in [1.54, 1.807) is 12.1 Å². The van der Waals surface area contributed by atoms with Crippen molar-refractivity contribution in [2.45, 2.75) is 0 Å². The number of amides is 4. The summed E-state index contributed by atoms with van der Waals surface area (Å²) >= 11 is 5.92. The second-order valence-corrected chi connectivity index (χ2v) is 5.76. The first-order valence-electron chi connectivity index (χ1n) is 7.42. The smallest absolute Gasteiger partial charge is 0.326 e. The van der Waals surface area contributed by atoms with Crippen LogP contribution in [0.15, 0.2) is 18.2 Å². The summed E-state index contributed by atoms with van der Waals surface area (Å²) in [5.41, 5.74) is 0.353. The SMILES string of the molecule is O=C(CN1C(=O)COc2ccc(Cl)cc21)OCC(=O)N1CCNC1=O. The highest BCUT2D eigenvalue weighted by Crippen LogP contribution is 2.34. The van der Waals surface area contributed by atoms with Gasteiger partial charge in [0.1, 0.15) is 12.3 Å². The fraction of sp³-hybridized carbons (Fsp3) is 0.333. The Balaban J connectivity index is 1.61. The lowest BCUT2D eigenvalue weighted by Gasteiger charge is -2.28. The molecule has 3 rings (SSSR count). The predicted molar refractivity (Wildman–Crippen MR) is 85.4 cm³/mol. The number of hydrogen-bond donors (Lipinski definition) is 1. The van der Waals surface area contributed by atoms with Crippen LogP contribution < -0.4 is 15.0 Å². The van der Waals surface area contributed by atoms with Crippen LogP contribution in [-0.4, -0.2) is 61.6 Å². The summed E-state index contributed by atoms with van der Waals surface area (Å²) in [5.74, 6) is -1.42. The number of esters is 1. The Morgan fingerprint density at radius 1 is 1.32 bits per heavy atom. The number of halogens is 1. The van der Waals surface area contributed by atoms with E-state index in [1.165, 1.54) is 11.0 Å². The van der Waals surface area contributed by atoms with Crippen LogP contribution in [0, 0.1) is 0 Å². The van der Waals surface area contributed by atoms with Crippen LogP contribution in [-0.2, 0) is 19.1 Å². The normalized spacial score (nSPS) is 16.2. The van der Waals surface area contributed by atoms with Crippen molar-refractivity contribution in [3.05, 3.63) is 23.2 Å². The molecule has 0 unspecified atom stereocenters. The van der Waals surface area contributed by atoms with Crippen molar-refractivity contribution < 1.29 is 28.7 Å². The zero-order valence-corrected chi connectivity index (χ0v) is 13.7. The maximum atomic E-state index is 12.0. The van der Waals surface area contributed by atoms with Gasteiger partial charge in [-0.2, -0.15) is 0 Å². The summed E-state index contributed by atoms with van der Waals surface area (Å²) in [7, 11) is 0. The highest BCUT2D eigenvalue weighted by Gasteiger charge is 2.30. The van der Waals surface area contributed by atoms with E-state index in [9.17, 15) is 19.2 Å². The molecule has 0 aromatic heterocycles. The summed E-state index contributed by atoms with van der Waals surface area (Å²) in [6.07, 6.45) is 0. The molecule has 1 saturated heterocycles. The van der Waals surface area contributed by atoms with Crippen LogP contribution in [0.5, 0.6) is 5.75 Å². The summed E-state index contributed by atoms with van der Waals surface area (Å²) in [6, 6.07) is 4.18. The van der Waals surface area contributed by atoms with Gasteiger partial charge in [0.2, 0.25) is 0 Å². The van der Waals surface area contributed by atoms with Crippen molar-refractivity contribution in [1.82, 2.24) is 10.2 Å². The molecular formula is C15H14ClN3O6. The Morgan fingerprint density at radius 3 is 2.84 bits per heavy atom. The minimum Gasteiger partial charge on any atom is -0.482 e. The van der Waals surface area contributed by atoms with Crippen molar-refractivity contribution in [2.24, 2.45) is 0 Å². The van der Waals surface area contributed by atoms with Gasteiger partial charge < -0.3 is 14.8 Å². The maximum absolute atomic E-state index is 12.0. The Labute approximate surface area is 147 Å². The number of carbonyl (C=O) groups is 4. The highest BCUT2D eigenvalue weighted by atomic mass is 35.5. The number of benzene rings is 1. The fourth-order valence-electron chi connectivity index (χ4n) is 2.45. The van der Waals surface area contributed by atoms with E-state index in [-0.39, 0.29) is 13.2 Å². The number of fused-ring (bicyclic) bond motifs is 1. The third-order valence-corrected chi connectivity index (χ3v) is 3.90. The molecule has 0 bridgehead atoms. The Morgan fingerprint density at radius 2 is 2.12 bits per heavy atom. The number of anilines is 1. The van der Waals surface area contributed by atoms with E-state index in [0.717, 1.165) is 4.90 Å². The van der Waals surface area contributed by atoms with Crippen LogP contribution in [0.1, 0.15) is 0 Å². The number of rotatable bonds is 4. The molecule has 25 heavy (non-hydrogen) atoms. The van der Waals surface area contributed by atoms with Gasteiger partial charge in [-0.15, -0.1) is 0 Å². The number of nitrogens with one attached hydrogen (secondary N) is 1. The summed E-state index contributed by atoms with van der Waals surface area (Å²) in [5, 5.41) is 2.85. The lowest BCUT2D eigenvalue weighted by atomic mass is 10.2. The molecular weight excluding hydrogens is 354 g/mol. The van der Waals surface area contributed by atoms with E-state index in [1.807, 2.05) is 0 Å². The molecule has 9 nitrogen and oxygen atoms in total. The highest BCUT2D eigenvalue weighted by molar-refractivity contribution is 6.31. The molecule has 10 heteroatoms. The van der Waals surface area contributed by atoms with Crippen molar-refractivity contribution in [1.29, 1.82) is 0 Å². The number of nitrogens with zero attached hydrogens (tertiary/aromatic N) is 2. The van der Waals surface area contributed by atoms with Crippen molar-refractivity contribution in [3.63, 3.8) is 0 Å². The van der Waals surface area contributed by atoms with Crippen LogP contribution in [0.4, 0.5) is 10.5 Å². The molecule has 0 radical (unpaired) electrons. The van der Waals surface area contributed by atoms with E-state index in [2.05, 4.69) is 5.32 Å². The van der Waals surface area contributed by atoms with Crippen LogP contribution in [0.3, 0.4) is 0 Å². The lowest BCUT2D eigenvalue weighted by Crippen LogP contribution is -2.43. The number of imide groups is 1. The lowest BCUT2D eigenvalue weighted by molar-refractivity contribution is -0.149. The number of carbonyl (C=O) groups excluding carboxylic acids is 4. The van der Waals surface area contributed by atoms with Gasteiger partial charge >= 0.3 is 12.0 Å². The number of urea groups is 1. The summed E-state index contributed by atoms with van der Waals surface area (Å²) < 4.78 is 10.2. The molecule has 0 atom stereocenters. The predicted octanol–water partition coefficient (Wildman–Crippen LogP) is 0.160. The number of hydrogen-bond acceptors (Lipinski definition) is 6. The molecule has 0 saturated carbocycles. The molecule has 132 valence electrons. The average molecular weight is 368 g/mol. The van der Waals surface area contributed by atoms with Crippen molar-refractivity contribution in [2.75, 3.05) is 37.7 Å². The third kappa shape index (κ3) is 3.66. The van der Waals surface area contributed by atoms with Crippen LogP contribution in [0.25, 0.3) is 0 Å². The minimum absolute atomic E-state index is 0.214. The zero-order chi connectivity index (χ0) is 18.0. The molecule has 2 aliphatic rings. The van der Waals surface area contributed by atoms with E-state index >= 15 is 0 Å². The van der Waals surface area contributed by atoms with Crippen LogP contribution >= 0.6 is 11.6 Å². The summed E-state index contributed by atoms with van der Waals surface area (Å²) in [6.45, 7) is -0.599. The van der Waals surface area contributed by atoms with E-state index in [4.69, 9.17) is 21.1 Å². The second kappa shape index (κ2) is 6.98. The third-order valence-electron chi connectivity index (χ3n) is 3.67. The van der Waals surface area contributed by atoms with Gasteiger partial charge in [0.05, 0.1) is 5.69 Å². The molecule has 4 amide bonds. The first kappa shape index (κ1) is 17.0. The Kier molecular flexibility index (Phi) is 4.75. The van der Waals surface area contributed by atoms with Gasteiger partial charge in [-0.25, -0.2) is 4.79 Å². The van der Waals surface area contributed by atoms with Crippen molar-refractivity contribution in [3.8, 4) is 5.75 Å². The van der Waals surface area contributed by atoms with Gasteiger partial charge in [-0.3, -0.25) is 24.2 Å². The van der Waals surface area contributed by atoms with Gasteiger partial charge in [0.15, 0.2) is 13.2 Å². The van der Waals surface area contributed by atoms with Gasteiger partial charge in [-0.1, -0.05) is 11.6 Å². The molecule has 2 heterocycles. The quantitative estimate of drug-likeness (QED) is 0.760. The van der Waals surface area contributed by atoms with E-state index in [0.29, 0.717) is 23.0 Å². The summed E-state index contributed by atoms with van der Waals surface area (Å²) in [4.78, 5) is 49.3. The monoisotopic (exact) mass is 367 g/mol. The van der Waals surface area contributed by atoms with Gasteiger partial charge in [-0.05, 0) is 18.2 Å². The zero-order valence-electron chi connectivity index (χ0n) is 13.0. The Bertz CT molecular complexity index is 753. The molecule has 1 N–H and O–H groups in total. The first-order chi connectivity index (χ1) is 12.0. The molecule has 1 aromatic rings. The Hall–Kier alpha value is -2.81. The molecule has 1 aromatic carbocycles. The van der Waals surface area contributed by atoms with Gasteiger partial charge in [0, 0.05) is 18.1 Å². The van der Waals surface area contributed by atoms with Gasteiger partial charge in [0.25, 0.3) is 11.8 Å². The first-order valence-corrected chi connectivity index (χ1v) is 7.80. The standard InChI is InChI=1S/C15H14ClN3O6/c16-9-1-2-11-10(5-9)19(13(21)7-24-11)6-14(22)25-8-12(20)18-4-3-17-15(18)23/h1-2,5H,3-4,6-8H2,(H,17,23). The largest absolute Gasteiger partial charge is 0.482 e. The molecule has 0 aliphatic carbocycles. The topological polar surface area (TPSA) is 105 Å². The second-order valence-electron chi connectivity index (χ2n) is 5.32. The maximum Gasteiger partial charge on any atom is 0.326 e. The van der Waals surface area contributed by atoms with Crippen molar-refractivity contribution >= 4 is 41.1 Å². The fourth-order valence-corrected chi connectivity index (χ4v) is 2.62. The van der Waals surface area contributed by atoms with E-state index < -0.39 is 37.0 Å². The molecule has 2 aliphatic heterocycles. The number of ether oxygens (including phenoxy) is 2. The average Bonchev–Trinajstić information content (AvgIpc) is 3.01. The molecule has 1 fully saturated rings. The minimum atomic E-state index is -0.783.